The number of hydrogen-bond acceptors (Lipinski definition) is 3. The normalized spacial score (nSPS) is 16.8. The molecular weight excluding hydrogens is 405 g/mol. The largest absolute Gasteiger partial charge is 0.497 e. The molecule has 1 atom stereocenters. The van der Waals surface area contributed by atoms with Crippen molar-refractivity contribution in [2.75, 3.05) is 12.0 Å². The van der Waals surface area contributed by atoms with Gasteiger partial charge in [0.2, 0.25) is 0 Å². The SMILES string of the molecule is COc1ccc(-c2ccc3c4c2C(=O)N(c2cccc(Cl)c2)C(C=C3)C4=O)c(F)c1. The van der Waals surface area contributed by atoms with Gasteiger partial charge in [-0.15, -0.1) is 0 Å². The molecule has 0 saturated carbocycles. The molecule has 2 aliphatic rings. The number of rotatable bonds is 3. The summed E-state index contributed by atoms with van der Waals surface area (Å²) in [6.45, 7) is 0. The van der Waals surface area contributed by atoms with Crippen LogP contribution >= 0.6 is 11.6 Å². The van der Waals surface area contributed by atoms with Crippen LogP contribution in [-0.4, -0.2) is 24.8 Å². The molecule has 3 aromatic carbocycles. The van der Waals surface area contributed by atoms with Gasteiger partial charge in [0, 0.05) is 27.9 Å². The lowest BCUT2D eigenvalue weighted by Gasteiger charge is -2.37. The van der Waals surface area contributed by atoms with Crippen LogP contribution in [0.25, 0.3) is 17.2 Å². The second kappa shape index (κ2) is 6.82. The zero-order chi connectivity index (χ0) is 21.0. The highest BCUT2D eigenvalue weighted by atomic mass is 35.5. The van der Waals surface area contributed by atoms with Gasteiger partial charge in [0.1, 0.15) is 17.6 Å². The van der Waals surface area contributed by atoms with Crippen molar-refractivity contribution < 1.29 is 18.7 Å². The first-order valence-electron chi connectivity index (χ1n) is 9.32. The maximum absolute atomic E-state index is 14.9. The van der Waals surface area contributed by atoms with Gasteiger partial charge in [0.25, 0.3) is 5.91 Å². The van der Waals surface area contributed by atoms with E-state index in [9.17, 15) is 14.0 Å². The second-order valence-corrected chi connectivity index (χ2v) is 7.56. The predicted octanol–water partition coefficient (Wildman–Crippen LogP) is 5.39. The van der Waals surface area contributed by atoms with Gasteiger partial charge in [0.05, 0.1) is 12.7 Å². The molecule has 1 aliphatic heterocycles. The Bertz CT molecular complexity index is 1270. The van der Waals surface area contributed by atoms with Crippen LogP contribution in [0.1, 0.15) is 26.3 Å². The maximum Gasteiger partial charge on any atom is 0.260 e. The fourth-order valence-electron chi connectivity index (χ4n) is 4.09. The average Bonchev–Trinajstić information content (AvgIpc) is 2.74. The molecule has 0 N–H and O–H groups in total. The van der Waals surface area contributed by atoms with E-state index in [1.807, 2.05) is 6.08 Å². The van der Waals surface area contributed by atoms with Gasteiger partial charge >= 0.3 is 0 Å². The highest BCUT2D eigenvalue weighted by molar-refractivity contribution is 6.31. The van der Waals surface area contributed by atoms with Gasteiger partial charge < -0.3 is 4.74 Å². The first-order valence-corrected chi connectivity index (χ1v) is 9.70. The Morgan fingerprint density at radius 3 is 2.53 bits per heavy atom. The Labute approximate surface area is 177 Å². The molecule has 2 bridgehead atoms. The summed E-state index contributed by atoms with van der Waals surface area (Å²) in [4.78, 5) is 28.3. The van der Waals surface area contributed by atoms with E-state index in [-0.39, 0.29) is 22.8 Å². The van der Waals surface area contributed by atoms with Crippen molar-refractivity contribution in [1.29, 1.82) is 0 Å². The zero-order valence-corrected chi connectivity index (χ0v) is 16.6. The number of methoxy groups -OCH3 is 1. The van der Waals surface area contributed by atoms with Crippen LogP contribution in [0.3, 0.4) is 0 Å². The summed E-state index contributed by atoms with van der Waals surface area (Å²) in [5.41, 5.74) is 2.29. The summed E-state index contributed by atoms with van der Waals surface area (Å²) in [5, 5.41) is 0.452. The van der Waals surface area contributed by atoms with Crippen molar-refractivity contribution >= 4 is 35.1 Å². The Morgan fingerprint density at radius 2 is 1.80 bits per heavy atom. The van der Waals surface area contributed by atoms with E-state index in [1.54, 1.807) is 54.6 Å². The third kappa shape index (κ3) is 2.66. The van der Waals surface area contributed by atoms with Crippen molar-refractivity contribution in [1.82, 2.24) is 0 Å². The van der Waals surface area contributed by atoms with Crippen molar-refractivity contribution in [3.8, 4) is 16.9 Å². The lowest BCUT2D eigenvalue weighted by Crippen LogP contribution is -2.50. The number of ether oxygens (including phenoxy) is 1. The number of halogens is 2. The molecule has 1 heterocycles. The standard InChI is InChI=1S/C24H15ClFNO3/c1-30-16-7-9-17(19(26)12-16)18-8-5-13-6-10-20-23(28)21(13)22(18)24(29)27(20)15-4-2-3-14(25)11-15/h2-12,20H,1H3. The van der Waals surface area contributed by atoms with Crippen LogP contribution in [0.15, 0.2) is 60.7 Å². The summed E-state index contributed by atoms with van der Waals surface area (Å²) in [6.07, 6.45) is 3.53. The summed E-state index contributed by atoms with van der Waals surface area (Å²) in [6, 6.07) is 13.9. The minimum atomic E-state index is -0.757. The van der Waals surface area contributed by atoms with Gasteiger partial charge in [-0.1, -0.05) is 42.0 Å². The molecule has 148 valence electrons. The Hall–Kier alpha value is -3.44. The molecule has 1 aliphatic carbocycles. The van der Waals surface area contributed by atoms with E-state index in [0.29, 0.717) is 33.1 Å². The number of fused-ring (bicyclic) bond motifs is 1. The smallest absolute Gasteiger partial charge is 0.260 e. The van der Waals surface area contributed by atoms with Crippen molar-refractivity contribution in [3.63, 3.8) is 0 Å². The van der Waals surface area contributed by atoms with Gasteiger partial charge in [-0.2, -0.15) is 0 Å². The van der Waals surface area contributed by atoms with Gasteiger partial charge in [0.15, 0.2) is 5.78 Å². The third-order valence-corrected chi connectivity index (χ3v) is 5.71. The summed E-state index contributed by atoms with van der Waals surface area (Å²) >= 11 is 6.13. The molecule has 30 heavy (non-hydrogen) atoms. The van der Waals surface area contributed by atoms with Gasteiger partial charge in [-0.3, -0.25) is 14.5 Å². The number of ketones is 1. The van der Waals surface area contributed by atoms with Crippen LogP contribution in [0.5, 0.6) is 5.75 Å². The van der Waals surface area contributed by atoms with Crippen molar-refractivity contribution in [2.24, 2.45) is 0 Å². The van der Waals surface area contributed by atoms with Crippen LogP contribution in [0.2, 0.25) is 5.02 Å². The minimum absolute atomic E-state index is 0.196. The molecule has 0 spiro atoms. The lowest BCUT2D eigenvalue weighted by molar-refractivity contribution is 0.0885. The van der Waals surface area contributed by atoms with Gasteiger partial charge in [-0.05, 0) is 41.5 Å². The molecule has 0 fully saturated rings. The molecule has 5 rings (SSSR count). The molecule has 0 saturated heterocycles. The highest BCUT2D eigenvalue weighted by Gasteiger charge is 2.43. The second-order valence-electron chi connectivity index (χ2n) is 7.12. The van der Waals surface area contributed by atoms with E-state index >= 15 is 0 Å². The van der Waals surface area contributed by atoms with Crippen LogP contribution in [0, 0.1) is 5.82 Å². The number of amides is 1. The molecule has 0 aromatic heterocycles. The molecule has 6 heteroatoms. The zero-order valence-electron chi connectivity index (χ0n) is 15.9. The number of Topliss-reactive ketones (excluding diaryl/α,β-unsaturated/α-hetero) is 1. The molecular formula is C24H15ClFNO3. The maximum atomic E-state index is 14.9. The first kappa shape index (κ1) is 18.6. The fourth-order valence-corrected chi connectivity index (χ4v) is 4.28. The fraction of sp³-hybridized carbons (Fsp3) is 0.0833. The van der Waals surface area contributed by atoms with E-state index in [1.165, 1.54) is 18.1 Å². The van der Waals surface area contributed by atoms with Crippen molar-refractivity contribution in [2.45, 2.75) is 6.04 Å². The Kier molecular flexibility index (Phi) is 4.22. The highest BCUT2D eigenvalue weighted by Crippen LogP contribution is 2.41. The molecule has 1 amide bonds. The molecule has 0 radical (unpaired) electrons. The summed E-state index contributed by atoms with van der Waals surface area (Å²) in [5.74, 6) is -0.728. The number of carbonyl (C=O) groups is 2. The monoisotopic (exact) mass is 419 g/mol. The van der Waals surface area contributed by atoms with E-state index < -0.39 is 11.9 Å². The van der Waals surface area contributed by atoms with Crippen LogP contribution < -0.4 is 9.64 Å². The number of anilines is 1. The predicted molar refractivity (Wildman–Crippen MR) is 114 cm³/mol. The minimum Gasteiger partial charge on any atom is -0.497 e. The number of hydrogen-bond donors (Lipinski definition) is 0. The Morgan fingerprint density at radius 1 is 1.00 bits per heavy atom. The lowest BCUT2D eigenvalue weighted by atomic mass is 9.80. The quantitative estimate of drug-likeness (QED) is 0.571. The number of nitrogens with zero attached hydrogens (tertiary/aromatic N) is 1. The van der Waals surface area contributed by atoms with E-state index in [2.05, 4.69) is 0 Å². The summed E-state index contributed by atoms with van der Waals surface area (Å²) < 4.78 is 19.9. The van der Waals surface area contributed by atoms with Gasteiger partial charge in [-0.25, -0.2) is 4.39 Å². The van der Waals surface area contributed by atoms with E-state index in [0.717, 1.165) is 0 Å². The third-order valence-electron chi connectivity index (χ3n) is 5.47. The molecule has 4 nitrogen and oxygen atoms in total. The van der Waals surface area contributed by atoms with Crippen LogP contribution in [-0.2, 0) is 0 Å². The summed E-state index contributed by atoms with van der Waals surface area (Å²) in [7, 11) is 1.45. The average molecular weight is 420 g/mol. The topological polar surface area (TPSA) is 46.6 Å². The number of carbonyl (C=O) groups excluding carboxylic acids is 2. The Balaban J connectivity index is 1.76. The first-order chi connectivity index (χ1) is 14.5. The molecule has 3 aromatic rings. The molecule has 1 unspecified atom stereocenters. The van der Waals surface area contributed by atoms with Crippen molar-refractivity contribution in [3.05, 3.63) is 88.2 Å². The number of benzene rings is 3. The van der Waals surface area contributed by atoms with Crippen LogP contribution in [0.4, 0.5) is 10.1 Å². The van der Waals surface area contributed by atoms with E-state index in [4.69, 9.17) is 16.3 Å².